The first-order chi connectivity index (χ1) is 8.67. The van der Waals surface area contributed by atoms with Crippen molar-refractivity contribution in [3.05, 3.63) is 20.8 Å². The molecule has 100 valence electrons. The van der Waals surface area contributed by atoms with Crippen LogP contribution < -0.4 is 5.32 Å². The van der Waals surface area contributed by atoms with E-state index in [1.54, 1.807) is 0 Å². The first-order valence-electron chi connectivity index (χ1n) is 6.89. The molecule has 0 radical (unpaired) electrons. The van der Waals surface area contributed by atoms with Gasteiger partial charge in [0.1, 0.15) is 0 Å². The molecule has 1 unspecified atom stereocenters. The van der Waals surface area contributed by atoms with Crippen LogP contribution in [0, 0.1) is 0 Å². The second kappa shape index (κ2) is 5.23. The molecule has 1 saturated carbocycles. The van der Waals surface area contributed by atoms with Crippen molar-refractivity contribution >= 4 is 27.3 Å². The van der Waals surface area contributed by atoms with Crippen LogP contribution >= 0.6 is 27.3 Å². The van der Waals surface area contributed by atoms with Crippen LogP contribution in [0.4, 0.5) is 0 Å². The van der Waals surface area contributed by atoms with Crippen LogP contribution in [0.2, 0.25) is 0 Å². The maximum atomic E-state index is 3.82. The van der Waals surface area contributed by atoms with Crippen molar-refractivity contribution in [2.24, 2.45) is 0 Å². The summed E-state index contributed by atoms with van der Waals surface area (Å²) in [6.45, 7) is 5.83. The lowest BCUT2D eigenvalue weighted by Crippen LogP contribution is -2.61. The largest absolute Gasteiger partial charge is 0.308 e. The Hall–Kier alpha value is 0.1000. The van der Waals surface area contributed by atoms with Gasteiger partial charge >= 0.3 is 0 Å². The van der Waals surface area contributed by atoms with Gasteiger partial charge in [0, 0.05) is 45.9 Å². The molecule has 1 aromatic rings. The lowest BCUT2D eigenvalue weighted by atomic mass is 9.92. The van der Waals surface area contributed by atoms with Crippen LogP contribution in [-0.4, -0.2) is 29.6 Å². The zero-order valence-electron chi connectivity index (χ0n) is 10.9. The summed E-state index contributed by atoms with van der Waals surface area (Å²) in [5, 5.41) is 6.01. The van der Waals surface area contributed by atoms with E-state index in [0.717, 1.165) is 13.1 Å². The van der Waals surface area contributed by atoms with Crippen molar-refractivity contribution in [1.82, 2.24) is 10.2 Å². The zero-order valence-corrected chi connectivity index (χ0v) is 13.3. The Morgan fingerprint density at radius 3 is 2.94 bits per heavy atom. The minimum absolute atomic E-state index is 0.432. The number of rotatable bonds is 2. The molecule has 1 aliphatic heterocycles. The summed E-state index contributed by atoms with van der Waals surface area (Å²) in [5.74, 6) is 0. The topological polar surface area (TPSA) is 15.3 Å². The number of piperazine rings is 1. The Kier molecular flexibility index (Phi) is 3.81. The van der Waals surface area contributed by atoms with Crippen molar-refractivity contribution in [1.29, 1.82) is 0 Å². The van der Waals surface area contributed by atoms with E-state index in [-0.39, 0.29) is 0 Å². The second-order valence-corrected chi connectivity index (χ2v) is 7.77. The molecule has 2 nitrogen and oxygen atoms in total. The number of nitrogens with one attached hydrogen (secondary N) is 1. The normalized spacial score (nSPS) is 28.0. The molecule has 2 fully saturated rings. The summed E-state index contributed by atoms with van der Waals surface area (Å²) >= 11 is 5.42. The molecule has 1 N–H and O–H groups in total. The standard InChI is InChI=1S/C14H21BrN2S/c1-11-7-16-14(4-2-3-5-14)10-17(11)8-13-6-12(15)9-18-13/h6,9,11,16H,2-5,7-8,10H2,1H3. The van der Waals surface area contributed by atoms with Gasteiger partial charge in [-0.25, -0.2) is 0 Å². The number of hydrogen-bond acceptors (Lipinski definition) is 3. The van der Waals surface area contributed by atoms with E-state index in [2.05, 4.69) is 44.5 Å². The summed E-state index contributed by atoms with van der Waals surface area (Å²) in [6, 6.07) is 2.91. The molecule has 2 aliphatic rings. The molecule has 3 rings (SSSR count). The first-order valence-corrected chi connectivity index (χ1v) is 8.56. The van der Waals surface area contributed by atoms with Crippen LogP contribution in [0.25, 0.3) is 0 Å². The summed E-state index contributed by atoms with van der Waals surface area (Å²) in [5.41, 5.74) is 0.432. The Morgan fingerprint density at radius 1 is 1.50 bits per heavy atom. The number of nitrogens with zero attached hydrogens (tertiary/aromatic N) is 1. The minimum atomic E-state index is 0.432. The predicted octanol–water partition coefficient (Wildman–Crippen LogP) is 3.62. The molecular formula is C14H21BrN2S. The number of thiophene rings is 1. The van der Waals surface area contributed by atoms with Crippen LogP contribution in [-0.2, 0) is 6.54 Å². The van der Waals surface area contributed by atoms with Gasteiger partial charge in [0.15, 0.2) is 0 Å². The van der Waals surface area contributed by atoms with Gasteiger partial charge < -0.3 is 5.32 Å². The van der Waals surface area contributed by atoms with E-state index in [9.17, 15) is 0 Å². The zero-order chi connectivity index (χ0) is 12.6. The van der Waals surface area contributed by atoms with Crippen LogP contribution in [0.3, 0.4) is 0 Å². The smallest absolute Gasteiger partial charge is 0.0332 e. The molecule has 0 bridgehead atoms. The molecule has 1 atom stereocenters. The van der Waals surface area contributed by atoms with Crippen molar-refractivity contribution in [3.63, 3.8) is 0 Å². The summed E-state index contributed by atoms with van der Waals surface area (Å²) in [4.78, 5) is 4.14. The van der Waals surface area contributed by atoms with E-state index in [1.165, 1.54) is 41.6 Å². The third-order valence-electron chi connectivity index (χ3n) is 4.44. The lowest BCUT2D eigenvalue weighted by Gasteiger charge is -2.45. The van der Waals surface area contributed by atoms with Crippen LogP contribution in [0.15, 0.2) is 15.9 Å². The summed E-state index contributed by atoms with van der Waals surface area (Å²) in [7, 11) is 0. The molecule has 1 aliphatic carbocycles. The van der Waals surface area contributed by atoms with Gasteiger partial charge in [-0.3, -0.25) is 4.90 Å². The minimum Gasteiger partial charge on any atom is -0.308 e. The average molecular weight is 329 g/mol. The summed E-state index contributed by atoms with van der Waals surface area (Å²) in [6.07, 6.45) is 5.54. The Morgan fingerprint density at radius 2 is 2.28 bits per heavy atom. The van der Waals surface area contributed by atoms with E-state index in [0.29, 0.717) is 11.6 Å². The SMILES string of the molecule is CC1CNC2(CCCC2)CN1Cc1cc(Br)cs1. The fourth-order valence-electron chi connectivity index (χ4n) is 3.33. The van der Waals surface area contributed by atoms with Crippen LogP contribution in [0.1, 0.15) is 37.5 Å². The third kappa shape index (κ3) is 2.67. The molecule has 1 aromatic heterocycles. The molecular weight excluding hydrogens is 308 g/mol. The fraction of sp³-hybridized carbons (Fsp3) is 0.714. The van der Waals surface area contributed by atoms with E-state index in [4.69, 9.17) is 0 Å². The van der Waals surface area contributed by atoms with E-state index >= 15 is 0 Å². The van der Waals surface area contributed by atoms with Gasteiger partial charge in [-0.1, -0.05) is 12.8 Å². The number of hydrogen-bond donors (Lipinski definition) is 1. The lowest BCUT2D eigenvalue weighted by molar-refractivity contribution is 0.0835. The van der Waals surface area contributed by atoms with Gasteiger partial charge in [0.2, 0.25) is 0 Å². The maximum Gasteiger partial charge on any atom is 0.0332 e. The molecule has 0 amide bonds. The van der Waals surface area contributed by atoms with Crippen molar-refractivity contribution in [2.45, 2.75) is 50.7 Å². The van der Waals surface area contributed by atoms with E-state index < -0.39 is 0 Å². The first kappa shape index (κ1) is 13.1. The van der Waals surface area contributed by atoms with Gasteiger partial charge in [-0.05, 0) is 41.8 Å². The predicted molar refractivity (Wildman–Crippen MR) is 81.1 cm³/mol. The monoisotopic (exact) mass is 328 g/mol. The molecule has 0 aromatic carbocycles. The molecule has 18 heavy (non-hydrogen) atoms. The van der Waals surface area contributed by atoms with Crippen molar-refractivity contribution in [3.8, 4) is 0 Å². The quantitative estimate of drug-likeness (QED) is 0.892. The van der Waals surface area contributed by atoms with Gasteiger partial charge in [0.05, 0.1) is 0 Å². The maximum absolute atomic E-state index is 3.82. The molecule has 1 saturated heterocycles. The highest BCUT2D eigenvalue weighted by Gasteiger charge is 2.39. The molecule has 4 heteroatoms. The molecule has 1 spiro atoms. The van der Waals surface area contributed by atoms with E-state index in [1.807, 2.05) is 11.3 Å². The Balaban J connectivity index is 1.69. The van der Waals surface area contributed by atoms with Crippen molar-refractivity contribution in [2.75, 3.05) is 13.1 Å². The highest BCUT2D eigenvalue weighted by atomic mass is 79.9. The third-order valence-corrected chi connectivity index (χ3v) is 6.13. The fourth-order valence-corrected chi connectivity index (χ4v) is 4.80. The molecule has 2 heterocycles. The highest BCUT2D eigenvalue weighted by Crippen LogP contribution is 2.34. The highest BCUT2D eigenvalue weighted by molar-refractivity contribution is 9.10. The average Bonchev–Trinajstić information content (AvgIpc) is 2.95. The van der Waals surface area contributed by atoms with Crippen molar-refractivity contribution < 1.29 is 0 Å². The Labute approximate surface area is 122 Å². The number of halogens is 1. The Bertz CT molecular complexity index is 412. The summed E-state index contributed by atoms with van der Waals surface area (Å²) < 4.78 is 1.22. The van der Waals surface area contributed by atoms with Gasteiger partial charge in [-0.2, -0.15) is 0 Å². The van der Waals surface area contributed by atoms with Crippen LogP contribution in [0.5, 0.6) is 0 Å². The van der Waals surface area contributed by atoms with Gasteiger partial charge in [0.25, 0.3) is 0 Å². The second-order valence-electron chi connectivity index (χ2n) is 5.85. The van der Waals surface area contributed by atoms with Gasteiger partial charge in [-0.15, -0.1) is 11.3 Å².